The van der Waals surface area contributed by atoms with Crippen molar-refractivity contribution in [3.63, 3.8) is 0 Å². The first-order valence-corrected chi connectivity index (χ1v) is 6.78. The third kappa shape index (κ3) is 3.24. The van der Waals surface area contributed by atoms with Crippen LogP contribution >= 0.6 is 0 Å². The Bertz CT molecular complexity index is 379. The zero-order chi connectivity index (χ0) is 13.0. The summed E-state index contributed by atoms with van der Waals surface area (Å²) in [5, 5.41) is 3.49. The van der Waals surface area contributed by atoms with Gasteiger partial charge in [-0.05, 0) is 23.6 Å². The van der Waals surface area contributed by atoms with Gasteiger partial charge in [-0.15, -0.1) is 0 Å². The van der Waals surface area contributed by atoms with Gasteiger partial charge in [0.15, 0.2) is 0 Å². The van der Waals surface area contributed by atoms with Crippen molar-refractivity contribution in [3.05, 3.63) is 29.8 Å². The monoisotopic (exact) mass is 248 g/mol. The first kappa shape index (κ1) is 13.4. The van der Waals surface area contributed by atoms with Gasteiger partial charge in [0.2, 0.25) is 0 Å². The molecule has 100 valence electrons. The zero-order valence-electron chi connectivity index (χ0n) is 11.6. The molecule has 1 atom stereocenters. The van der Waals surface area contributed by atoms with Gasteiger partial charge in [-0.1, -0.05) is 26.0 Å². The van der Waals surface area contributed by atoms with Crippen LogP contribution in [0.25, 0.3) is 0 Å². The Morgan fingerprint density at radius 2 is 2.28 bits per heavy atom. The summed E-state index contributed by atoms with van der Waals surface area (Å²) < 4.78 is 5.29. The molecule has 1 aliphatic heterocycles. The molecule has 0 radical (unpaired) electrons. The molecule has 0 aliphatic carbocycles. The van der Waals surface area contributed by atoms with Gasteiger partial charge in [0.1, 0.15) is 5.75 Å². The molecule has 1 N–H and O–H groups in total. The van der Waals surface area contributed by atoms with Gasteiger partial charge < -0.3 is 10.1 Å². The second kappa shape index (κ2) is 6.21. The number of hydrogen-bond donors (Lipinski definition) is 1. The average Bonchev–Trinajstić information content (AvgIpc) is 2.39. The molecule has 1 saturated heterocycles. The SMILES string of the molecule is COc1cccc(CN2CCNCC2C(C)C)c1. The molecule has 18 heavy (non-hydrogen) atoms. The maximum Gasteiger partial charge on any atom is 0.119 e. The van der Waals surface area contributed by atoms with Crippen molar-refractivity contribution in [1.29, 1.82) is 0 Å². The Kier molecular flexibility index (Phi) is 4.61. The first-order chi connectivity index (χ1) is 8.70. The van der Waals surface area contributed by atoms with E-state index in [0.29, 0.717) is 12.0 Å². The third-order valence-electron chi connectivity index (χ3n) is 3.69. The number of benzene rings is 1. The number of methoxy groups -OCH3 is 1. The summed E-state index contributed by atoms with van der Waals surface area (Å²) in [5.74, 6) is 1.63. The lowest BCUT2D eigenvalue weighted by Gasteiger charge is -2.38. The van der Waals surface area contributed by atoms with Gasteiger partial charge in [0, 0.05) is 32.2 Å². The number of ether oxygens (including phenoxy) is 1. The fraction of sp³-hybridized carbons (Fsp3) is 0.600. The molecule has 1 aromatic rings. The molecule has 3 nitrogen and oxygen atoms in total. The van der Waals surface area contributed by atoms with E-state index in [0.717, 1.165) is 31.9 Å². The van der Waals surface area contributed by atoms with E-state index in [1.165, 1.54) is 5.56 Å². The van der Waals surface area contributed by atoms with Gasteiger partial charge in [-0.2, -0.15) is 0 Å². The van der Waals surface area contributed by atoms with E-state index in [1.807, 2.05) is 6.07 Å². The maximum absolute atomic E-state index is 5.29. The zero-order valence-corrected chi connectivity index (χ0v) is 11.6. The Morgan fingerprint density at radius 3 is 3.00 bits per heavy atom. The fourth-order valence-corrected chi connectivity index (χ4v) is 2.63. The molecular weight excluding hydrogens is 224 g/mol. The first-order valence-electron chi connectivity index (χ1n) is 6.78. The van der Waals surface area contributed by atoms with Gasteiger partial charge in [-0.25, -0.2) is 0 Å². The van der Waals surface area contributed by atoms with Crippen LogP contribution < -0.4 is 10.1 Å². The van der Waals surface area contributed by atoms with Crippen LogP contribution in [-0.4, -0.2) is 37.7 Å². The molecule has 0 saturated carbocycles. The predicted molar refractivity (Wildman–Crippen MR) is 74.9 cm³/mol. The molecule has 0 spiro atoms. The Hall–Kier alpha value is -1.06. The van der Waals surface area contributed by atoms with E-state index in [2.05, 4.69) is 42.3 Å². The third-order valence-corrected chi connectivity index (χ3v) is 3.69. The molecule has 1 unspecified atom stereocenters. The van der Waals surface area contributed by atoms with E-state index < -0.39 is 0 Å². The van der Waals surface area contributed by atoms with Crippen molar-refractivity contribution >= 4 is 0 Å². The van der Waals surface area contributed by atoms with Crippen LogP contribution in [0.1, 0.15) is 19.4 Å². The van der Waals surface area contributed by atoms with Crippen LogP contribution in [0, 0.1) is 5.92 Å². The topological polar surface area (TPSA) is 24.5 Å². The van der Waals surface area contributed by atoms with E-state index in [4.69, 9.17) is 4.74 Å². The molecule has 1 aromatic carbocycles. The molecule has 3 heteroatoms. The lowest BCUT2D eigenvalue weighted by Crippen LogP contribution is -2.52. The molecule has 0 amide bonds. The van der Waals surface area contributed by atoms with Gasteiger partial charge >= 0.3 is 0 Å². The summed E-state index contributed by atoms with van der Waals surface area (Å²) in [7, 11) is 1.72. The molecule has 1 aliphatic rings. The summed E-state index contributed by atoms with van der Waals surface area (Å²) in [6, 6.07) is 9.02. The summed E-state index contributed by atoms with van der Waals surface area (Å²) in [6.07, 6.45) is 0. The molecule has 2 rings (SSSR count). The van der Waals surface area contributed by atoms with Crippen molar-refractivity contribution < 1.29 is 4.74 Å². The maximum atomic E-state index is 5.29. The molecular formula is C15H24N2O. The van der Waals surface area contributed by atoms with E-state index in [-0.39, 0.29) is 0 Å². The Balaban J connectivity index is 2.05. The lowest BCUT2D eigenvalue weighted by molar-refractivity contribution is 0.117. The van der Waals surface area contributed by atoms with E-state index >= 15 is 0 Å². The predicted octanol–water partition coefficient (Wildman–Crippen LogP) is 2.12. The number of hydrogen-bond acceptors (Lipinski definition) is 3. The number of nitrogens with zero attached hydrogens (tertiary/aromatic N) is 1. The van der Waals surface area contributed by atoms with Crippen LogP contribution in [0.3, 0.4) is 0 Å². The van der Waals surface area contributed by atoms with E-state index in [1.54, 1.807) is 7.11 Å². The van der Waals surface area contributed by atoms with Crippen LogP contribution in [-0.2, 0) is 6.54 Å². The quantitative estimate of drug-likeness (QED) is 0.883. The highest BCUT2D eigenvalue weighted by molar-refractivity contribution is 5.28. The van der Waals surface area contributed by atoms with Crippen molar-refractivity contribution in [1.82, 2.24) is 10.2 Å². The summed E-state index contributed by atoms with van der Waals surface area (Å²) in [4.78, 5) is 2.58. The van der Waals surface area contributed by atoms with Gasteiger partial charge in [-0.3, -0.25) is 4.90 Å². The standard InChI is InChI=1S/C15H24N2O/c1-12(2)15-10-16-7-8-17(15)11-13-5-4-6-14(9-13)18-3/h4-6,9,12,15-16H,7-8,10-11H2,1-3H3. The van der Waals surface area contributed by atoms with E-state index in [9.17, 15) is 0 Å². The second-order valence-corrected chi connectivity index (χ2v) is 5.34. The highest BCUT2D eigenvalue weighted by Crippen LogP contribution is 2.19. The highest BCUT2D eigenvalue weighted by atomic mass is 16.5. The minimum Gasteiger partial charge on any atom is -0.497 e. The largest absolute Gasteiger partial charge is 0.497 e. The molecule has 0 aromatic heterocycles. The summed E-state index contributed by atoms with van der Waals surface area (Å²) in [6.45, 7) is 8.93. The number of piperazine rings is 1. The van der Waals surface area contributed by atoms with Crippen molar-refractivity contribution in [2.24, 2.45) is 5.92 Å². The second-order valence-electron chi connectivity index (χ2n) is 5.34. The Labute approximate surface area is 110 Å². The number of nitrogens with one attached hydrogen (secondary N) is 1. The van der Waals surface area contributed by atoms with Crippen molar-refractivity contribution in [2.75, 3.05) is 26.7 Å². The average molecular weight is 248 g/mol. The van der Waals surface area contributed by atoms with Crippen LogP contribution in [0.5, 0.6) is 5.75 Å². The number of rotatable bonds is 4. The van der Waals surface area contributed by atoms with Crippen LogP contribution in [0.15, 0.2) is 24.3 Å². The minimum atomic E-state index is 0.630. The lowest BCUT2D eigenvalue weighted by atomic mass is 10.00. The van der Waals surface area contributed by atoms with Crippen LogP contribution in [0.4, 0.5) is 0 Å². The Morgan fingerprint density at radius 1 is 1.44 bits per heavy atom. The summed E-state index contributed by atoms with van der Waals surface area (Å²) >= 11 is 0. The van der Waals surface area contributed by atoms with Gasteiger partial charge in [0.25, 0.3) is 0 Å². The normalized spacial score (nSPS) is 21.2. The molecule has 1 heterocycles. The highest BCUT2D eigenvalue weighted by Gasteiger charge is 2.24. The van der Waals surface area contributed by atoms with Gasteiger partial charge in [0.05, 0.1) is 7.11 Å². The minimum absolute atomic E-state index is 0.630. The molecule has 1 fully saturated rings. The van der Waals surface area contributed by atoms with Crippen LogP contribution in [0.2, 0.25) is 0 Å². The van der Waals surface area contributed by atoms with Crippen molar-refractivity contribution in [2.45, 2.75) is 26.4 Å². The molecule has 0 bridgehead atoms. The smallest absolute Gasteiger partial charge is 0.119 e. The fourth-order valence-electron chi connectivity index (χ4n) is 2.63. The van der Waals surface area contributed by atoms with Crippen molar-refractivity contribution in [3.8, 4) is 5.75 Å². The summed E-state index contributed by atoms with van der Waals surface area (Å²) in [5.41, 5.74) is 1.34.